The largest absolute Gasteiger partial charge is 0.494 e. The molecule has 0 amide bonds. The Morgan fingerprint density at radius 3 is 2.38 bits per heavy atom. The van der Waals surface area contributed by atoms with Gasteiger partial charge in [-0.1, -0.05) is 47.6 Å². The predicted octanol–water partition coefficient (Wildman–Crippen LogP) is 5.41. The zero-order valence-corrected chi connectivity index (χ0v) is 17.8. The summed E-state index contributed by atoms with van der Waals surface area (Å²) in [5.74, 6) is 1.63. The molecule has 32 heavy (non-hydrogen) atoms. The van der Waals surface area contributed by atoms with Crippen LogP contribution < -0.4 is 10.3 Å². The number of ether oxygens (including phenoxy) is 1. The summed E-state index contributed by atoms with van der Waals surface area (Å²) in [5.41, 5.74) is 3.27. The molecule has 6 heteroatoms. The summed E-state index contributed by atoms with van der Waals surface area (Å²) in [5, 5.41) is 5.54. The lowest BCUT2D eigenvalue weighted by atomic mass is 10.1. The van der Waals surface area contributed by atoms with Crippen molar-refractivity contribution in [3.63, 3.8) is 0 Å². The van der Waals surface area contributed by atoms with E-state index in [0.717, 1.165) is 28.0 Å². The number of nitrogens with zero attached hydrogens (tertiary/aromatic N) is 3. The predicted molar refractivity (Wildman–Crippen MR) is 124 cm³/mol. The third kappa shape index (κ3) is 3.46. The maximum absolute atomic E-state index is 13.3. The van der Waals surface area contributed by atoms with Crippen molar-refractivity contribution in [1.29, 1.82) is 0 Å². The fourth-order valence-electron chi connectivity index (χ4n) is 3.79. The molecule has 3 aromatic carbocycles. The molecule has 2 aromatic heterocycles. The fraction of sp³-hybridized carbons (Fsp3) is 0.115. The van der Waals surface area contributed by atoms with E-state index in [4.69, 9.17) is 9.26 Å². The van der Waals surface area contributed by atoms with E-state index in [-0.39, 0.29) is 5.56 Å². The van der Waals surface area contributed by atoms with Gasteiger partial charge in [-0.05, 0) is 49.7 Å². The first kappa shape index (κ1) is 19.8. The lowest BCUT2D eigenvalue weighted by Gasteiger charge is -2.11. The number of aryl methyl sites for hydroxylation is 1. The summed E-state index contributed by atoms with van der Waals surface area (Å²) in [6, 6.07) is 22.8. The van der Waals surface area contributed by atoms with Gasteiger partial charge in [0.1, 0.15) is 5.75 Å². The van der Waals surface area contributed by atoms with Crippen molar-refractivity contribution in [3.05, 3.63) is 94.9 Å². The lowest BCUT2D eigenvalue weighted by molar-refractivity contribution is 0.340. The standard InChI is InChI=1S/C26H21N3O3/c1-3-31-19-14-12-18(13-15-19)29-16-23(21-10-6-7-11-22(21)26(29)30)25-27-24(28-32-25)20-9-5-4-8-17(20)2/h4-16H,3H2,1-2H3. The summed E-state index contributed by atoms with van der Waals surface area (Å²) >= 11 is 0. The number of rotatable bonds is 5. The van der Waals surface area contributed by atoms with Gasteiger partial charge >= 0.3 is 0 Å². The Bertz CT molecular complexity index is 1470. The topological polar surface area (TPSA) is 70.2 Å². The third-order valence-electron chi connectivity index (χ3n) is 5.39. The van der Waals surface area contributed by atoms with Crippen LogP contribution in [0.1, 0.15) is 12.5 Å². The minimum atomic E-state index is -0.118. The van der Waals surface area contributed by atoms with Crippen LogP contribution in [0.25, 0.3) is 39.3 Å². The van der Waals surface area contributed by atoms with Gasteiger partial charge in [0.25, 0.3) is 11.4 Å². The number of hydrogen-bond acceptors (Lipinski definition) is 5. The number of hydrogen-bond donors (Lipinski definition) is 0. The average Bonchev–Trinajstić information content (AvgIpc) is 3.30. The SMILES string of the molecule is CCOc1ccc(-n2cc(-c3nc(-c4ccccc4C)no3)c3ccccc3c2=O)cc1. The summed E-state index contributed by atoms with van der Waals surface area (Å²) in [6.07, 6.45) is 1.76. The first-order valence-corrected chi connectivity index (χ1v) is 10.4. The molecule has 158 valence electrons. The molecule has 6 nitrogen and oxygen atoms in total. The van der Waals surface area contributed by atoms with Crippen molar-refractivity contribution >= 4 is 10.8 Å². The molecular weight excluding hydrogens is 402 g/mol. The van der Waals surface area contributed by atoms with Gasteiger partial charge in [-0.15, -0.1) is 0 Å². The molecule has 2 heterocycles. The van der Waals surface area contributed by atoms with Crippen molar-refractivity contribution in [2.45, 2.75) is 13.8 Å². The Balaban J connectivity index is 1.68. The minimum Gasteiger partial charge on any atom is -0.494 e. The van der Waals surface area contributed by atoms with E-state index in [0.29, 0.717) is 29.3 Å². The maximum Gasteiger partial charge on any atom is 0.262 e. The Kier molecular flexibility index (Phi) is 5.03. The maximum atomic E-state index is 13.3. The third-order valence-corrected chi connectivity index (χ3v) is 5.39. The molecule has 0 atom stereocenters. The molecule has 0 saturated heterocycles. The van der Waals surface area contributed by atoms with Crippen LogP contribution in [0.4, 0.5) is 0 Å². The molecule has 0 N–H and O–H groups in total. The van der Waals surface area contributed by atoms with Crippen molar-refractivity contribution in [3.8, 4) is 34.3 Å². The van der Waals surface area contributed by atoms with E-state index in [2.05, 4.69) is 10.1 Å². The highest BCUT2D eigenvalue weighted by molar-refractivity contribution is 5.94. The molecular formula is C26H21N3O3. The van der Waals surface area contributed by atoms with Crippen LogP contribution in [0.5, 0.6) is 5.75 Å². The Labute approximate surface area is 184 Å². The summed E-state index contributed by atoms with van der Waals surface area (Å²) < 4.78 is 12.8. The Hall–Kier alpha value is -4.19. The second-order valence-corrected chi connectivity index (χ2v) is 7.43. The first-order valence-electron chi connectivity index (χ1n) is 10.4. The summed E-state index contributed by atoms with van der Waals surface area (Å²) in [6.45, 7) is 4.52. The highest BCUT2D eigenvalue weighted by Gasteiger charge is 2.18. The number of fused-ring (bicyclic) bond motifs is 1. The van der Waals surface area contributed by atoms with E-state index in [9.17, 15) is 4.79 Å². The van der Waals surface area contributed by atoms with E-state index in [1.54, 1.807) is 10.8 Å². The van der Waals surface area contributed by atoms with Gasteiger partial charge in [0.05, 0.1) is 12.2 Å². The molecule has 0 spiro atoms. The fourth-order valence-corrected chi connectivity index (χ4v) is 3.79. The van der Waals surface area contributed by atoms with Gasteiger partial charge in [-0.25, -0.2) is 0 Å². The van der Waals surface area contributed by atoms with E-state index in [1.165, 1.54) is 0 Å². The first-order chi connectivity index (χ1) is 15.7. The molecule has 0 aliphatic carbocycles. The van der Waals surface area contributed by atoms with Crippen molar-refractivity contribution < 1.29 is 9.26 Å². The van der Waals surface area contributed by atoms with Gasteiger partial charge in [0.2, 0.25) is 5.82 Å². The van der Waals surface area contributed by atoms with Crippen LogP contribution >= 0.6 is 0 Å². The molecule has 5 rings (SSSR count). The highest BCUT2D eigenvalue weighted by atomic mass is 16.5. The van der Waals surface area contributed by atoms with Gasteiger partial charge in [0, 0.05) is 28.2 Å². The van der Waals surface area contributed by atoms with E-state index < -0.39 is 0 Å². The molecule has 0 fully saturated rings. The van der Waals surface area contributed by atoms with Crippen molar-refractivity contribution in [2.75, 3.05) is 6.61 Å². The van der Waals surface area contributed by atoms with Crippen LogP contribution in [0.2, 0.25) is 0 Å². The van der Waals surface area contributed by atoms with E-state index in [1.807, 2.05) is 86.6 Å². The van der Waals surface area contributed by atoms with Crippen molar-refractivity contribution in [2.24, 2.45) is 0 Å². The van der Waals surface area contributed by atoms with Crippen LogP contribution in [-0.2, 0) is 0 Å². The molecule has 5 aromatic rings. The number of pyridine rings is 1. The normalized spacial score (nSPS) is 11.1. The van der Waals surface area contributed by atoms with Crippen LogP contribution in [0, 0.1) is 6.92 Å². The molecule has 0 aliphatic rings. The summed E-state index contributed by atoms with van der Waals surface area (Å²) in [4.78, 5) is 17.9. The van der Waals surface area contributed by atoms with E-state index >= 15 is 0 Å². The second kappa shape index (κ2) is 8.15. The Morgan fingerprint density at radius 2 is 1.62 bits per heavy atom. The second-order valence-electron chi connectivity index (χ2n) is 7.43. The molecule has 0 bridgehead atoms. The van der Waals surface area contributed by atoms with Gasteiger partial charge in [0.15, 0.2) is 0 Å². The molecule has 0 aliphatic heterocycles. The average molecular weight is 423 g/mol. The quantitative estimate of drug-likeness (QED) is 0.378. The van der Waals surface area contributed by atoms with Crippen LogP contribution in [0.3, 0.4) is 0 Å². The monoisotopic (exact) mass is 423 g/mol. The smallest absolute Gasteiger partial charge is 0.262 e. The zero-order chi connectivity index (χ0) is 22.1. The number of benzene rings is 3. The number of aromatic nitrogens is 3. The van der Waals surface area contributed by atoms with Gasteiger partial charge in [-0.3, -0.25) is 9.36 Å². The lowest BCUT2D eigenvalue weighted by Crippen LogP contribution is -2.18. The highest BCUT2D eigenvalue weighted by Crippen LogP contribution is 2.29. The molecule has 0 unspecified atom stereocenters. The molecule has 0 saturated carbocycles. The van der Waals surface area contributed by atoms with Crippen molar-refractivity contribution in [1.82, 2.24) is 14.7 Å². The van der Waals surface area contributed by atoms with Gasteiger partial charge in [-0.2, -0.15) is 4.98 Å². The zero-order valence-electron chi connectivity index (χ0n) is 17.8. The van der Waals surface area contributed by atoms with Crippen LogP contribution in [-0.4, -0.2) is 21.3 Å². The Morgan fingerprint density at radius 1 is 0.906 bits per heavy atom. The van der Waals surface area contributed by atoms with Crippen LogP contribution in [0.15, 0.2) is 88.3 Å². The van der Waals surface area contributed by atoms with Gasteiger partial charge < -0.3 is 9.26 Å². The minimum absolute atomic E-state index is 0.118. The summed E-state index contributed by atoms with van der Waals surface area (Å²) in [7, 11) is 0. The molecule has 0 radical (unpaired) electrons.